The number of hydrogen-bond donors (Lipinski definition) is 1. The number of nitrogens with zero attached hydrogens (tertiary/aromatic N) is 2. The minimum atomic E-state index is 0.00848. The maximum absolute atomic E-state index is 13.0. The lowest BCUT2D eigenvalue weighted by Crippen LogP contribution is -2.42. The van der Waals surface area contributed by atoms with Gasteiger partial charge in [-0.1, -0.05) is 18.2 Å². The summed E-state index contributed by atoms with van der Waals surface area (Å²) in [6.07, 6.45) is 3.66. The summed E-state index contributed by atoms with van der Waals surface area (Å²) in [4.78, 5) is 17.7. The zero-order chi connectivity index (χ0) is 14.2. The summed E-state index contributed by atoms with van der Waals surface area (Å²) in [5.74, 6) is 0.329. The standard InChI is InChI=1S/C17H23N3O/c21-17(15-11-18-16-7-2-1-6-14(15)16)20-10-4-9-19-8-3-5-13(19)12-20/h1-2,6-7,13,15,18H,3-5,8-12H2. The van der Waals surface area contributed by atoms with E-state index < -0.39 is 0 Å². The Morgan fingerprint density at radius 2 is 2.00 bits per heavy atom. The van der Waals surface area contributed by atoms with Crippen molar-refractivity contribution < 1.29 is 4.79 Å². The van der Waals surface area contributed by atoms with Crippen molar-refractivity contribution >= 4 is 11.6 Å². The van der Waals surface area contributed by atoms with Crippen LogP contribution in [0.25, 0.3) is 0 Å². The maximum atomic E-state index is 13.0. The predicted octanol–water partition coefficient (Wildman–Crippen LogP) is 1.89. The smallest absolute Gasteiger partial charge is 0.232 e. The molecule has 1 N–H and O–H groups in total. The number of carbonyl (C=O) groups is 1. The third kappa shape index (κ3) is 2.31. The van der Waals surface area contributed by atoms with Crippen molar-refractivity contribution in [1.82, 2.24) is 9.80 Å². The molecule has 4 nitrogen and oxygen atoms in total. The van der Waals surface area contributed by atoms with Gasteiger partial charge in [0.25, 0.3) is 0 Å². The molecule has 0 saturated carbocycles. The molecule has 112 valence electrons. The fraction of sp³-hybridized carbons (Fsp3) is 0.588. The van der Waals surface area contributed by atoms with E-state index in [2.05, 4.69) is 27.2 Å². The van der Waals surface area contributed by atoms with Crippen LogP contribution in [-0.4, -0.2) is 54.5 Å². The van der Waals surface area contributed by atoms with Gasteiger partial charge in [0.05, 0.1) is 5.92 Å². The number of amides is 1. The molecule has 3 aliphatic heterocycles. The molecular weight excluding hydrogens is 262 g/mol. The first-order chi connectivity index (χ1) is 10.3. The molecule has 2 atom stereocenters. The molecule has 21 heavy (non-hydrogen) atoms. The number of rotatable bonds is 1. The lowest BCUT2D eigenvalue weighted by Gasteiger charge is -2.27. The second-order valence-electron chi connectivity index (χ2n) is 6.49. The number of carbonyl (C=O) groups excluding carboxylic acids is 1. The minimum Gasteiger partial charge on any atom is -0.384 e. The fourth-order valence-electron chi connectivity index (χ4n) is 4.13. The van der Waals surface area contributed by atoms with Gasteiger partial charge < -0.3 is 10.2 Å². The first kappa shape index (κ1) is 13.1. The summed E-state index contributed by atoms with van der Waals surface area (Å²) in [6, 6.07) is 8.83. The summed E-state index contributed by atoms with van der Waals surface area (Å²) in [5, 5.41) is 3.37. The van der Waals surface area contributed by atoms with Crippen molar-refractivity contribution in [3.8, 4) is 0 Å². The van der Waals surface area contributed by atoms with Gasteiger partial charge in [0.1, 0.15) is 0 Å². The second-order valence-corrected chi connectivity index (χ2v) is 6.49. The largest absolute Gasteiger partial charge is 0.384 e. The Balaban J connectivity index is 1.52. The van der Waals surface area contributed by atoms with Crippen LogP contribution >= 0.6 is 0 Å². The lowest BCUT2D eigenvalue weighted by atomic mass is 9.99. The molecule has 1 aromatic rings. The topological polar surface area (TPSA) is 35.6 Å². The molecule has 3 aliphatic rings. The average Bonchev–Trinajstić information content (AvgIpc) is 3.08. The van der Waals surface area contributed by atoms with Gasteiger partial charge in [-0.25, -0.2) is 0 Å². The van der Waals surface area contributed by atoms with E-state index in [0.717, 1.165) is 38.3 Å². The molecule has 3 heterocycles. The van der Waals surface area contributed by atoms with Gasteiger partial charge in [-0.15, -0.1) is 0 Å². The SMILES string of the molecule is O=C(C1CNc2ccccc21)N1CCCN2CCCC2C1. The first-order valence-electron chi connectivity index (χ1n) is 8.18. The zero-order valence-corrected chi connectivity index (χ0v) is 12.4. The molecule has 2 fully saturated rings. The Labute approximate surface area is 126 Å². The van der Waals surface area contributed by atoms with E-state index >= 15 is 0 Å². The number of anilines is 1. The number of hydrogen-bond acceptors (Lipinski definition) is 3. The highest BCUT2D eigenvalue weighted by Crippen LogP contribution is 2.33. The molecule has 1 aromatic carbocycles. The van der Waals surface area contributed by atoms with Gasteiger partial charge in [-0.3, -0.25) is 9.69 Å². The Hall–Kier alpha value is -1.55. The Kier molecular flexibility index (Phi) is 3.34. The second kappa shape index (κ2) is 5.34. The molecule has 0 aromatic heterocycles. The molecule has 0 radical (unpaired) electrons. The van der Waals surface area contributed by atoms with Crippen LogP contribution in [0.3, 0.4) is 0 Å². The highest BCUT2D eigenvalue weighted by molar-refractivity contribution is 5.88. The van der Waals surface area contributed by atoms with E-state index in [1.165, 1.54) is 24.9 Å². The van der Waals surface area contributed by atoms with Gasteiger partial charge in [0, 0.05) is 37.9 Å². The number of para-hydroxylation sites is 1. The van der Waals surface area contributed by atoms with E-state index in [-0.39, 0.29) is 5.92 Å². The molecule has 2 unspecified atom stereocenters. The van der Waals surface area contributed by atoms with E-state index in [9.17, 15) is 4.79 Å². The normalized spacial score (nSPS) is 28.7. The highest BCUT2D eigenvalue weighted by Gasteiger charge is 2.35. The summed E-state index contributed by atoms with van der Waals surface area (Å²) < 4.78 is 0. The Morgan fingerprint density at radius 1 is 1.14 bits per heavy atom. The van der Waals surface area contributed by atoms with Gasteiger partial charge >= 0.3 is 0 Å². The van der Waals surface area contributed by atoms with Gasteiger partial charge in [0.15, 0.2) is 0 Å². The summed E-state index contributed by atoms with van der Waals surface area (Å²) in [6.45, 7) is 4.99. The van der Waals surface area contributed by atoms with Crippen LogP contribution < -0.4 is 5.32 Å². The quantitative estimate of drug-likeness (QED) is 0.856. The first-order valence-corrected chi connectivity index (χ1v) is 8.18. The monoisotopic (exact) mass is 285 g/mol. The van der Waals surface area contributed by atoms with Crippen molar-refractivity contribution in [2.75, 3.05) is 38.0 Å². The average molecular weight is 285 g/mol. The number of benzene rings is 1. The molecule has 2 saturated heterocycles. The third-order valence-corrected chi connectivity index (χ3v) is 5.25. The lowest BCUT2D eigenvalue weighted by molar-refractivity contribution is -0.132. The number of nitrogens with one attached hydrogen (secondary N) is 1. The van der Waals surface area contributed by atoms with Crippen LogP contribution in [0.15, 0.2) is 24.3 Å². The molecule has 0 aliphatic carbocycles. The van der Waals surface area contributed by atoms with E-state index in [1.54, 1.807) is 0 Å². The molecular formula is C17H23N3O. The van der Waals surface area contributed by atoms with Crippen LogP contribution in [0.1, 0.15) is 30.7 Å². The third-order valence-electron chi connectivity index (χ3n) is 5.25. The van der Waals surface area contributed by atoms with Crippen LogP contribution in [0.2, 0.25) is 0 Å². The fourth-order valence-corrected chi connectivity index (χ4v) is 4.13. The highest BCUT2D eigenvalue weighted by atomic mass is 16.2. The summed E-state index contributed by atoms with van der Waals surface area (Å²) in [7, 11) is 0. The van der Waals surface area contributed by atoms with Gasteiger partial charge in [-0.05, 0) is 37.4 Å². The molecule has 4 rings (SSSR count). The van der Waals surface area contributed by atoms with Crippen molar-refractivity contribution in [1.29, 1.82) is 0 Å². The predicted molar refractivity (Wildman–Crippen MR) is 83.5 cm³/mol. The van der Waals surface area contributed by atoms with Gasteiger partial charge in [-0.2, -0.15) is 0 Å². The van der Waals surface area contributed by atoms with Crippen molar-refractivity contribution in [2.45, 2.75) is 31.2 Å². The van der Waals surface area contributed by atoms with E-state index in [0.29, 0.717) is 11.9 Å². The van der Waals surface area contributed by atoms with Crippen LogP contribution in [0.4, 0.5) is 5.69 Å². The zero-order valence-electron chi connectivity index (χ0n) is 12.4. The number of fused-ring (bicyclic) bond motifs is 2. The molecule has 0 spiro atoms. The van der Waals surface area contributed by atoms with Crippen molar-refractivity contribution in [2.24, 2.45) is 0 Å². The molecule has 4 heteroatoms. The van der Waals surface area contributed by atoms with Gasteiger partial charge in [0.2, 0.25) is 5.91 Å². The minimum absolute atomic E-state index is 0.00848. The van der Waals surface area contributed by atoms with E-state index in [1.807, 2.05) is 12.1 Å². The van der Waals surface area contributed by atoms with Crippen LogP contribution in [-0.2, 0) is 4.79 Å². The Morgan fingerprint density at radius 3 is 2.95 bits per heavy atom. The molecule has 1 amide bonds. The van der Waals surface area contributed by atoms with E-state index in [4.69, 9.17) is 0 Å². The summed E-state index contributed by atoms with van der Waals surface area (Å²) >= 11 is 0. The van der Waals surface area contributed by atoms with Crippen LogP contribution in [0.5, 0.6) is 0 Å². The maximum Gasteiger partial charge on any atom is 0.232 e. The summed E-state index contributed by atoms with van der Waals surface area (Å²) in [5.41, 5.74) is 2.31. The van der Waals surface area contributed by atoms with Crippen molar-refractivity contribution in [3.05, 3.63) is 29.8 Å². The molecule has 0 bridgehead atoms. The van der Waals surface area contributed by atoms with Crippen molar-refractivity contribution in [3.63, 3.8) is 0 Å². The Bertz CT molecular complexity index is 545. The van der Waals surface area contributed by atoms with Crippen LogP contribution in [0, 0.1) is 0 Å².